The number of aromatic nitrogens is 2. The van der Waals surface area contributed by atoms with E-state index in [0.717, 1.165) is 16.8 Å². The molecule has 0 saturated carbocycles. The Kier molecular flexibility index (Phi) is 2.51. The molecule has 0 fully saturated rings. The lowest BCUT2D eigenvalue weighted by molar-refractivity contribution is 1.15. The van der Waals surface area contributed by atoms with Crippen LogP contribution in [0.1, 0.15) is 0 Å². The molecule has 20 heavy (non-hydrogen) atoms. The Morgan fingerprint density at radius 2 is 1.65 bits per heavy atom. The van der Waals surface area contributed by atoms with Crippen molar-refractivity contribution in [3.05, 3.63) is 72.1 Å². The first-order valence-electron chi connectivity index (χ1n) is 6.45. The van der Waals surface area contributed by atoms with Crippen LogP contribution in [0.3, 0.4) is 0 Å². The van der Waals surface area contributed by atoms with Crippen molar-refractivity contribution in [2.75, 3.05) is 0 Å². The summed E-state index contributed by atoms with van der Waals surface area (Å²) in [6, 6.07) is 20.6. The molecule has 0 aliphatic carbocycles. The van der Waals surface area contributed by atoms with Crippen molar-refractivity contribution in [1.82, 2.24) is 9.38 Å². The first-order valence-corrected chi connectivity index (χ1v) is 6.83. The first-order chi connectivity index (χ1) is 9.84. The fourth-order valence-electron chi connectivity index (χ4n) is 2.63. The molecule has 4 rings (SSSR count). The molecule has 0 aliphatic heterocycles. The fourth-order valence-corrected chi connectivity index (χ4v) is 2.86. The quantitative estimate of drug-likeness (QED) is 0.488. The number of fused-ring (bicyclic) bond motifs is 2. The number of halogens is 1. The summed E-state index contributed by atoms with van der Waals surface area (Å²) in [7, 11) is 0. The number of pyridine rings is 1. The Morgan fingerprint density at radius 1 is 0.850 bits per heavy atom. The van der Waals surface area contributed by atoms with Crippen LogP contribution in [0.2, 0.25) is 5.28 Å². The van der Waals surface area contributed by atoms with Gasteiger partial charge in [0, 0.05) is 11.8 Å². The lowest BCUT2D eigenvalue weighted by atomic mass is 10.0. The zero-order chi connectivity index (χ0) is 13.5. The smallest absolute Gasteiger partial charge is 0.207 e. The molecule has 0 saturated heterocycles. The van der Waals surface area contributed by atoms with Crippen molar-refractivity contribution in [2.45, 2.75) is 0 Å². The Labute approximate surface area is 121 Å². The normalized spacial score (nSPS) is 11.2. The standard InChI is InChI=1S/C17H11ClN2/c18-17-19-16(15-10-3-4-11-20(15)17)14-9-5-7-12-6-1-2-8-13(12)14/h1-11H. The molecule has 0 N–H and O–H groups in total. The van der Waals surface area contributed by atoms with Crippen LogP contribution in [-0.4, -0.2) is 9.38 Å². The van der Waals surface area contributed by atoms with E-state index < -0.39 is 0 Å². The summed E-state index contributed by atoms with van der Waals surface area (Å²) in [5.74, 6) is 0. The molecular weight excluding hydrogens is 268 g/mol. The molecule has 2 nitrogen and oxygen atoms in total. The van der Waals surface area contributed by atoms with E-state index in [9.17, 15) is 0 Å². The van der Waals surface area contributed by atoms with Crippen LogP contribution in [0.4, 0.5) is 0 Å². The van der Waals surface area contributed by atoms with Crippen LogP contribution < -0.4 is 0 Å². The van der Waals surface area contributed by atoms with Crippen molar-refractivity contribution in [2.24, 2.45) is 0 Å². The number of rotatable bonds is 1. The SMILES string of the molecule is Clc1nc(-c2cccc3ccccc23)c2ccccn12. The third-order valence-corrected chi connectivity index (χ3v) is 3.82. The van der Waals surface area contributed by atoms with Gasteiger partial charge in [0.2, 0.25) is 5.28 Å². The lowest BCUT2D eigenvalue weighted by Gasteiger charge is -2.04. The highest BCUT2D eigenvalue weighted by atomic mass is 35.5. The molecule has 2 aromatic heterocycles. The molecule has 2 heterocycles. The van der Waals surface area contributed by atoms with Crippen molar-refractivity contribution in [1.29, 1.82) is 0 Å². The molecule has 0 radical (unpaired) electrons. The van der Waals surface area contributed by atoms with Crippen LogP contribution in [0.15, 0.2) is 66.9 Å². The van der Waals surface area contributed by atoms with Gasteiger partial charge in [-0.05, 0) is 34.5 Å². The minimum Gasteiger partial charge on any atom is -0.290 e. The maximum Gasteiger partial charge on any atom is 0.207 e. The second-order valence-electron chi connectivity index (χ2n) is 4.71. The first kappa shape index (κ1) is 11.5. The summed E-state index contributed by atoms with van der Waals surface area (Å²) in [6.07, 6.45) is 1.93. The summed E-state index contributed by atoms with van der Waals surface area (Å²) in [5, 5.41) is 2.89. The molecule has 4 aromatic rings. The van der Waals surface area contributed by atoms with Gasteiger partial charge in [-0.15, -0.1) is 0 Å². The van der Waals surface area contributed by atoms with E-state index >= 15 is 0 Å². The molecule has 2 aromatic carbocycles. The summed E-state index contributed by atoms with van der Waals surface area (Å²) in [6.45, 7) is 0. The number of hydrogen-bond acceptors (Lipinski definition) is 1. The Balaban J connectivity index is 2.12. The highest BCUT2D eigenvalue weighted by molar-refractivity contribution is 6.29. The molecule has 3 heteroatoms. The average Bonchev–Trinajstić information content (AvgIpc) is 2.84. The Hall–Kier alpha value is -2.32. The van der Waals surface area contributed by atoms with Crippen molar-refractivity contribution in [3.63, 3.8) is 0 Å². The zero-order valence-corrected chi connectivity index (χ0v) is 11.4. The monoisotopic (exact) mass is 278 g/mol. The summed E-state index contributed by atoms with van der Waals surface area (Å²) < 4.78 is 1.90. The highest BCUT2D eigenvalue weighted by Crippen LogP contribution is 2.32. The summed E-state index contributed by atoms with van der Waals surface area (Å²) >= 11 is 6.23. The molecule has 0 bridgehead atoms. The predicted octanol–water partition coefficient (Wildman–Crippen LogP) is 4.81. The van der Waals surface area contributed by atoms with Crippen molar-refractivity contribution >= 4 is 27.9 Å². The molecule has 96 valence electrons. The maximum atomic E-state index is 6.23. The van der Waals surface area contributed by atoms with Gasteiger partial charge in [0.05, 0.1) is 11.2 Å². The highest BCUT2D eigenvalue weighted by Gasteiger charge is 2.12. The van der Waals surface area contributed by atoms with Gasteiger partial charge >= 0.3 is 0 Å². The fraction of sp³-hybridized carbons (Fsp3) is 0. The minimum absolute atomic E-state index is 0.489. The molecular formula is C17H11ClN2. The van der Waals surface area contributed by atoms with E-state index in [1.54, 1.807) is 0 Å². The van der Waals surface area contributed by atoms with E-state index in [1.807, 2.05) is 40.9 Å². The van der Waals surface area contributed by atoms with Gasteiger partial charge in [0.1, 0.15) is 0 Å². The van der Waals surface area contributed by atoms with E-state index in [2.05, 4.69) is 35.3 Å². The third kappa shape index (κ3) is 1.62. The van der Waals surface area contributed by atoms with Gasteiger partial charge in [-0.25, -0.2) is 4.98 Å². The summed E-state index contributed by atoms with van der Waals surface area (Å²) in [5.41, 5.74) is 3.06. The largest absolute Gasteiger partial charge is 0.290 e. The second kappa shape index (κ2) is 4.36. The van der Waals surface area contributed by atoms with Crippen molar-refractivity contribution < 1.29 is 0 Å². The molecule has 0 atom stereocenters. The van der Waals surface area contributed by atoms with E-state index in [0.29, 0.717) is 5.28 Å². The predicted molar refractivity (Wildman–Crippen MR) is 83.1 cm³/mol. The molecule has 0 spiro atoms. The number of hydrogen-bond donors (Lipinski definition) is 0. The van der Waals surface area contributed by atoms with E-state index in [4.69, 9.17) is 11.6 Å². The van der Waals surface area contributed by atoms with Crippen LogP contribution in [0.5, 0.6) is 0 Å². The molecule has 0 unspecified atom stereocenters. The van der Waals surface area contributed by atoms with Gasteiger partial charge in [-0.1, -0.05) is 48.5 Å². The maximum absolute atomic E-state index is 6.23. The molecule has 0 aliphatic rings. The van der Waals surface area contributed by atoms with Crippen LogP contribution in [0, 0.1) is 0 Å². The van der Waals surface area contributed by atoms with Crippen LogP contribution >= 0.6 is 11.6 Å². The lowest BCUT2D eigenvalue weighted by Crippen LogP contribution is -1.83. The van der Waals surface area contributed by atoms with Gasteiger partial charge < -0.3 is 0 Å². The van der Waals surface area contributed by atoms with E-state index in [1.165, 1.54) is 10.8 Å². The van der Waals surface area contributed by atoms with Gasteiger partial charge in [0.15, 0.2) is 0 Å². The zero-order valence-electron chi connectivity index (χ0n) is 10.6. The topological polar surface area (TPSA) is 17.3 Å². The minimum atomic E-state index is 0.489. The van der Waals surface area contributed by atoms with Gasteiger partial charge in [0.25, 0.3) is 0 Å². The molecule has 0 amide bonds. The number of nitrogens with zero attached hydrogens (tertiary/aromatic N) is 2. The van der Waals surface area contributed by atoms with Crippen LogP contribution in [0.25, 0.3) is 27.5 Å². The average molecular weight is 279 g/mol. The number of benzene rings is 2. The van der Waals surface area contributed by atoms with Crippen molar-refractivity contribution in [3.8, 4) is 11.3 Å². The van der Waals surface area contributed by atoms with E-state index in [-0.39, 0.29) is 0 Å². The number of imidazole rings is 1. The van der Waals surface area contributed by atoms with Crippen LogP contribution in [-0.2, 0) is 0 Å². The van der Waals surface area contributed by atoms with Gasteiger partial charge in [-0.2, -0.15) is 0 Å². The van der Waals surface area contributed by atoms with Gasteiger partial charge in [-0.3, -0.25) is 4.40 Å². The Bertz CT molecular complexity index is 919. The second-order valence-corrected chi connectivity index (χ2v) is 5.05. The Morgan fingerprint density at radius 3 is 2.60 bits per heavy atom. The third-order valence-electron chi connectivity index (χ3n) is 3.55. The summed E-state index contributed by atoms with van der Waals surface area (Å²) in [4.78, 5) is 4.54.